The molecule has 2 aromatic carbocycles. The summed E-state index contributed by atoms with van der Waals surface area (Å²) in [5.41, 5.74) is 3.39. The highest BCUT2D eigenvalue weighted by Crippen LogP contribution is 2.24. The van der Waals surface area contributed by atoms with E-state index in [4.69, 9.17) is 16.3 Å². The molecule has 0 bridgehead atoms. The smallest absolute Gasteiger partial charge is 0.123 e. The van der Waals surface area contributed by atoms with E-state index in [-0.39, 0.29) is 0 Å². The first-order chi connectivity index (χ1) is 8.70. The summed E-state index contributed by atoms with van der Waals surface area (Å²) in [6.45, 7) is 2.77. The summed E-state index contributed by atoms with van der Waals surface area (Å²) in [7, 11) is 1.67. The van der Waals surface area contributed by atoms with Gasteiger partial charge in [0.05, 0.1) is 7.11 Å². The van der Waals surface area contributed by atoms with Crippen molar-refractivity contribution in [1.82, 2.24) is 0 Å². The molecule has 0 atom stereocenters. The Morgan fingerprint density at radius 1 is 1.17 bits per heavy atom. The van der Waals surface area contributed by atoms with Crippen LogP contribution in [-0.4, -0.2) is 7.11 Å². The van der Waals surface area contributed by atoms with Crippen LogP contribution in [-0.2, 0) is 6.54 Å². The van der Waals surface area contributed by atoms with Gasteiger partial charge in [-0.3, -0.25) is 0 Å². The lowest BCUT2D eigenvalue weighted by atomic mass is 10.1. The fraction of sp³-hybridized carbons (Fsp3) is 0.200. The van der Waals surface area contributed by atoms with Crippen LogP contribution in [0.15, 0.2) is 42.5 Å². The Labute approximate surface area is 113 Å². The van der Waals surface area contributed by atoms with Gasteiger partial charge in [-0.05, 0) is 36.8 Å². The predicted molar refractivity (Wildman–Crippen MR) is 76.5 cm³/mol. The van der Waals surface area contributed by atoms with Crippen molar-refractivity contribution >= 4 is 17.3 Å². The number of rotatable bonds is 4. The summed E-state index contributed by atoms with van der Waals surface area (Å²) in [6, 6.07) is 13.8. The van der Waals surface area contributed by atoms with Gasteiger partial charge in [0, 0.05) is 22.8 Å². The normalized spacial score (nSPS) is 10.2. The molecule has 0 radical (unpaired) electrons. The van der Waals surface area contributed by atoms with Crippen molar-refractivity contribution < 1.29 is 4.74 Å². The van der Waals surface area contributed by atoms with Crippen LogP contribution in [0.3, 0.4) is 0 Å². The van der Waals surface area contributed by atoms with Gasteiger partial charge in [-0.1, -0.05) is 29.8 Å². The van der Waals surface area contributed by atoms with Crippen LogP contribution in [0.5, 0.6) is 5.75 Å². The number of anilines is 1. The molecule has 94 valence electrons. The van der Waals surface area contributed by atoms with Crippen molar-refractivity contribution in [1.29, 1.82) is 0 Å². The van der Waals surface area contributed by atoms with Crippen LogP contribution in [0.25, 0.3) is 0 Å². The average molecular weight is 262 g/mol. The van der Waals surface area contributed by atoms with Gasteiger partial charge in [-0.15, -0.1) is 0 Å². The molecule has 0 aliphatic heterocycles. The Hall–Kier alpha value is -1.67. The zero-order chi connectivity index (χ0) is 13.0. The van der Waals surface area contributed by atoms with Crippen molar-refractivity contribution in [2.75, 3.05) is 12.4 Å². The fourth-order valence-electron chi connectivity index (χ4n) is 1.85. The molecule has 0 aromatic heterocycles. The first-order valence-corrected chi connectivity index (χ1v) is 6.20. The summed E-state index contributed by atoms with van der Waals surface area (Å²) in [6.07, 6.45) is 0. The largest absolute Gasteiger partial charge is 0.496 e. The number of hydrogen-bond acceptors (Lipinski definition) is 2. The molecule has 0 amide bonds. The van der Waals surface area contributed by atoms with Crippen molar-refractivity contribution in [3.63, 3.8) is 0 Å². The van der Waals surface area contributed by atoms with E-state index in [0.29, 0.717) is 6.54 Å². The van der Waals surface area contributed by atoms with Gasteiger partial charge >= 0.3 is 0 Å². The molecule has 2 rings (SSSR count). The summed E-state index contributed by atoms with van der Waals surface area (Å²) in [4.78, 5) is 0. The van der Waals surface area contributed by atoms with Crippen LogP contribution in [0.1, 0.15) is 11.1 Å². The highest BCUT2D eigenvalue weighted by atomic mass is 35.5. The number of methoxy groups -OCH3 is 1. The monoisotopic (exact) mass is 261 g/mol. The summed E-state index contributed by atoms with van der Waals surface area (Å²) >= 11 is 6.00. The number of hydrogen-bond donors (Lipinski definition) is 1. The van der Waals surface area contributed by atoms with Gasteiger partial charge in [0.1, 0.15) is 5.75 Å². The standard InChI is InChI=1S/C15H16ClNO/c1-11-5-3-4-6-14(11)17-10-12-9-13(16)7-8-15(12)18-2/h3-9,17H,10H2,1-2H3. The lowest BCUT2D eigenvalue weighted by molar-refractivity contribution is 0.410. The molecule has 18 heavy (non-hydrogen) atoms. The van der Waals surface area contributed by atoms with Gasteiger partial charge in [-0.2, -0.15) is 0 Å². The van der Waals surface area contributed by atoms with Gasteiger partial charge in [0.15, 0.2) is 0 Å². The fourth-order valence-corrected chi connectivity index (χ4v) is 2.04. The van der Waals surface area contributed by atoms with Crippen molar-refractivity contribution in [2.45, 2.75) is 13.5 Å². The molecule has 0 unspecified atom stereocenters. The molecule has 1 N–H and O–H groups in total. The second-order valence-electron chi connectivity index (χ2n) is 4.12. The molecule has 3 heteroatoms. The van der Waals surface area contributed by atoms with Crippen LogP contribution in [0, 0.1) is 6.92 Å². The Balaban J connectivity index is 2.15. The molecule has 0 spiro atoms. The van der Waals surface area contributed by atoms with Crippen LogP contribution < -0.4 is 10.1 Å². The third kappa shape index (κ3) is 2.96. The third-order valence-corrected chi connectivity index (χ3v) is 3.09. The van der Waals surface area contributed by atoms with E-state index >= 15 is 0 Å². The number of nitrogens with one attached hydrogen (secondary N) is 1. The zero-order valence-electron chi connectivity index (χ0n) is 10.5. The lowest BCUT2D eigenvalue weighted by Crippen LogP contribution is -2.02. The number of ether oxygens (including phenoxy) is 1. The van der Waals surface area contributed by atoms with E-state index in [1.165, 1.54) is 5.56 Å². The lowest BCUT2D eigenvalue weighted by Gasteiger charge is -2.12. The van der Waals surface area contributed by atoms with Crippen molar-refractivity contribution in [3.05, 3.63) is 58.6 Å². The van der Waals surface area contributed by atoms with Crippen molar-refractivity contribution in [2.24, 2.45) is 0 Å². The van der Waals surface area contributed by atoms with Crippen LogP contribution in [0.4, 0.5) is 5.69 Å². The second-order valence-corrected chi connectivity index (χ2v) is 4.56. The van der Waals surface area contributed by atoms with E-state index in [1.807, 2.05) is 30.3 Å². The van der Waals surface area contributed by atoms with E-state index in [1.54, 1.807) is 7.11 Å². The molecule has 0 saturated heterocycles. The molecule has 2 aromatic rings. The van der Waals surface area contributed by atoms with Gasteiger partial charge in [-0.25, -0.2) is 0 Å². The highest BCUT2D eigenvalue weighted by Gasteiger charge is 2.04. The maximum atomic E-state index is 6.00. The predicted octanol–water partition coefficient (Wildman–Crippen LogP) is 4.27. The van der Waals surface area contributed by atoms with E-state index in [0.717, 1.165) is 22.0 Å². The van der Waals surface area contributed by atoms with E-state index < -0.39 is 0 Å². The maximum absolute atomic E-state index is 6.00. The molecule has 0 saturated carbocycles. The first-order valence-electron chi connectivity index (χ1n) is 5.82. The Bertz CT molecular complexity index is 540. The Kier molecular flexibility index (Phi) is 4.11. The second kappa shape index (κ2) is 5.78. The molecular formula is C15H16ClNO. The number of halogens is 1. The van der Waals surface area contributed by atoms with E-state index in [2.05, 4.69) is 24.4 Å². The molecule has 0 aliphatic rings. The topological polar surface area (TPSA) is 21.3 Å². The summed E-state index contributed by atoms with van der Waals surface area (Å²) < 4.78 is 5.32. The summed E-state index contributed by atoms with van der Waals surface area (Å²) in [5.74, 6) is 0.848. The molecule has 0 aliphatic carbocycles. The number of para-hydroxylation sites is 1. The average Bonchev–Trinajstić information content (AvgIpc) is 2.38. The molecule has 0 heterocycles. The Morgan fingerprint density at radius 3 is 2.67 bits per heavy atom. The molecule has 0 fully saturated rings. The highest BCUT2D eigenvalue weighted by molar-refractivity contribution is 6.30. The van der Waals surface area contributed by atoms with Crippen LogP contribution >= 0.6 is 11.6 Å². The summed E-state index contributed by atoms with van der Waals surface area (Å²) in [5, 5.41) is 4.11. The van der Waals surface area contributed by atoms with Crippen LogP contribution in [0.2, 0.25) is 5.02 Å². The quantitative estimate of drug-likeness (QED) is 0.888. The molecular weight excluding hydrogens is 246 g/mol. The third-order valence-electron chi connectivity index (χ3n) is 2.86. The zero-order valence-corrected chi connectivity index (χ0v) is 11.3. The number of benzene rings is 2. The minimum Gasteiger partial charge on any atom is -0.496 e. The van der Waals surface area contributed by atoms with Gasteiger partial charge < -0.3 is 10.1 Å². The van der Waals surface area contributed by atoms with Gasteiger partial charge in [0.2, 0.25) is 0 Å². The minimum absolute atomic E-state index is 0.689. The first kappa shape index (κ1) is 12.8. The Morgan fingerprint density at radius 2 is 1.94 bits per heavy atom. The maximum Gasteiger partial charge on any atom is 0.123 e. The van der Waals surface area contributed by atoms with Gasteiger partial charge in [0.25, 0.3) is 0 Å². The number of aryl methyl sites for hydroxylation is 1. The minimum atomic E-state index is 0.689. The van der Waals surface area contributed by atoms with Crippen molar-refractivity contribution in [3.8, 4) is 5.75 Å². The van der Waals surface area contributed by atoms with E-state index in [9.17, 15) is 0 Å². The molecule has 2 nitrogen and oxygen atoms in total. The SMILES string of the molecule is COc1ccc(Cl)cc1CNc1ccccc1C.